The molecule has 1 unspecified atom stereocenters. The molecule has 2 atom stereocenters. The van der Waals surface area contributed by atoms with E-state index in [0.717, 1.165) is 4.90 Å². The summed E-state index contributed by atoms with van der Waals surface area (Å²) in [6.45, 7) is 14.2. The van der Waals surface area contributed by atoms with Crippen LogP contribution >= 0.6 is 0 Å². The fourth-order valence-corrected chi connectivity index (χ4v) is 4.88. The van der Waals surface area contributed by atoms with E-state index in [9.17, 15) is 24.5 Å². The van der Waals surface area contributed by atoms with Crippen molar-refractivity contribution < 1.29 is 38.3 Å². The first-order valence-electron chi connectivity index (χ1n) is 13.8. The Labute approximate surface area is 240 Å². The van der Waals surface area contributed by atoms with Crippen LogP contribution in [0, 0.1) is 10.1 Å². The van der Waals surface area contributed by atoms with Gasteiger partial charge in [-0.25, -0.2) is 14.4 Å². The Morgan fingerprint density at radius 3 is 2.34 bits per heavy atom. The van der Waals surface area contributed by atoms with Crippen LogP contribution in [0.1, 0.15) is 66.9 Å². The van der Waals surface area contributed by atoms with Crippen LogP contribution in [0.3, 0.4) is 0 Å². The fraction of sp³-hybridized carbons (Fsp3) is 0.679. The van der Waals surface area contributed by atoms with Crippen molar-refractivity contribution in [1.29, 1.82) is 0 Å². The summed E-state index contributed by atoms with van der Waals surface area (Å²) >= 11 is 0. The number of amides is 2. The molecule has 0 radical (unpaired) electrons. The first-order chi connectivity index (χ1) is 19.0. The third-order valence-corrected chi connectivity index (χ3v) is 6.71. The average molecular weight is 579 g/mol. The number of carbonyl (C=O) groups is 3. The number of nitrogens with zero attached hydrogens (tertiary/aromatic N) is 4. The van der Waals surface area contributed by atoms with Gasteiger partial charge in [0.05, 0.1) is 18.6 Å². The molecule has 2 heterocycles. The van der Waals surface area contributed by atoms with Gasteiger partial charge in [0, 0.05) is 49.9 Å². The van der Waals surface area contributed by atoms with Crippen LogP contribution < -0.4 is 9.64 Å². The molecule has 0 N–H and O–H groups in total. The van der Waals surface area contributed by atoms with Gasteiger partial charge in [-0.3, -0.25) is 19.9 Å². The number of hydrogen-bond acceptors (Lipinski definition) is 10. The summed E-state index contributed by atoms with van der Waals surface area (Å²) in [6.07, 6.45) is -0.563. The lowest BCUT2D eigenvalue weighted by Gasteiger charge is -2.42. The van der Waals surface area contributed by atoms with Crippen molar-refractivity contribution in [2.75, 3.05) is 38.3 Å². The van der Waals surface area contributed by atoms with E-state index in [-0.39, 0.29) is 36.5 Å². The number of nitro benzene ring substituents is 1. The molecular weight excluding hydrogens is 536 g/mol. The number of piperazine rings is 1. The lowest BCUT2D eigenvalue weighted by molar-refractivity contribution is -0.384. The molecular formula is C28H42N4O9. The average Bonchev–Trinajstić information content (AvgIpc) is 2.84. The van der Waals surface area contributed by atoms with Gasteiger partial charge in [0.15, 0.2) is 0 Å². The molecule has 1 saturated heterocycles. The van der Waals surface area contributed by atoms with Gasteiger partial charge in [0.2, 0.25) is 0 Å². The summed E-state index contributed by atoms with van der Waals surface area (Å²) in [5.41, 5.74) is -1.45. The number of esters is 1. The number of carbonyl (C=O) groups excluding carboxylic acids is 3. The van der Waals surface area contributed by atoms with Crippen molar-refractivity contribution in [2.24, 2.45) is 0 Å². The summed E-state index contributed by atoms with van der Waals surface area (Å²) in [5.74, 6) is -0.363. The van der Waals surface area contributed by atoms with Crippen molar-refractivity contribution in [3.05, 3.63) is 27.8 Å². The molecule has 2 aliphatic heterocycles. The first kappa shape index (κ1) is 31.9. The normalized spacial score (nSPS) is 18.4. The number of benzene rings is 1. The van der Waals surface area contributed by atoms with Crippen molar-refractivity contribution in [2.45, 2.75) is 91.1 Å². The molecule has 0 aliphatic carbocycles. The van der Waals surface area contributed by atoms with Gasteiger partial charge in [-0.05, 0) is 54.4 Å². The third kappa shape index (κ3) is 7.99. The monoisotopic (exact) mass is 578 g/mol. The molecule has 2 amide bonds. The summed E-state index contributed by atoms with van der Waals surface area (Å²) in [5, 5.41) is 12.3. The second kappa shape index (κ2) is 12.5. The van der Waals surface area contributed by atoms with E-state index in [1.165, 1.54) is 19.2 Å². The number of anilines is 1. The topological polar surface area (TPSA) is 141 Å². The molecule has 41 heavy (non-hydrogen) atoms. The van der Waals surface area contributed by atoms with Gasteiger partial charge >= 0.3 is 18.2 Å². The molecule has 1 aromatic carbocycles. The highest BCUT2D eigenvalue weighted by Crippen LogP contribution is 2.39. The van der Waals surface area contributed by atoms with Crippen LogP contribution in [-0.2, 0) is 25.5 Å². The summed E-state index contributed by atoms with van der Waals surface area (Å²) in [6, 6.07) is 1.62. The quantitative estimate of drug-likeness (QED) is 0.212. The molecule has 13 nitrogen and oxygen atoms in total. The van der Waals surface area contributed by atoms with E-state index in [0.29, 0.717) is 43.9 Å². The molecule has 1 aromatic rings. The second-order valence-electron chi connectivity index (χ2n) is 12.2. The van der Waals surface area contributed by atoms with E-state index in [2.05, 4.69) is 4.90 Å². The van der Waals surface area contributed by atoms with Crippen LogP contribution in [0.4, 0.5) is 21.0 Å². The van der Waals surface area contributed by atoms with E-state index >= 15 is 0 Å². The molecule has 0 spiro atoms. The Hall–Kier alpha value is -3.61. The largest absolute Gasteiger partial charge is 0.493 e. The number of fused-ring (bicyclic) bond motifs is 2. The Balaban J connectivity index is 1.99. The third-order valence-electron chi connectivity index (χ3n) is 6.71. The summed E-state index contributed by atoms with van der Waals surface area (Å²) in [4.78, 5) is 55.3. The maximum atomic E-state index is 13.4. The molecule has 2 aliphatic rings. The molecule has 13 heteroatoms. The molecule has 1 fully saturated rings. The van der Waals surface area contributed by atoms with Gasteiger partial charge in [0.1, 0.15) is 28.7 Å². The van der Waals surface area contributed by atoms with E-state index in [1.807, 2.05) is 20.8 Å². The zero-order valence-electron chi connectivity index (χ0n) is 25.2. The summed E-state index contributed by atoms with van der Waals surface area (Å²) in [7, 11) is 1.19. The van der Waals surface area contributed by atoms with Gasteiger partial charge in [-0.15, -0.1) is 0 Å². The van der Waals surface area contributed by atoms with Gasteiger partial charge < -0.3 is 23.8 Å². The van der Waals surface area contributed by atoms with Gasteiger partial charge in [0.25, 0.3) is 5.69 Å². The number of nitro groups is 1. The fourth-order valence-electron chi connectivity index (χ4n) is 4.88. The Kier molecular flexibility index (Phi) is 9.73. The molecule has 0 bridgehead atoms. The zero-order chi connectivity index (χ0) is 30.7. The Morgan fingerprint density at radius 1 is 1.12 bits per heavy atom. The lowest BCUT2D eigenvalue weighted by Crippen LogP contribution is -2.55. The van der Waals surface area contributed by atoms with Crippen LogP contribution in [0.25, 0.3) is 0 Å². The lowest BCUT2D eigenvalue weighted by atomic mass is 10.0. The number of methoxy groups -OCH3 is 1. The number of rotatable bonds is 5. The minimum absolute atomic E-state index is 0.0368. The smallest absolute Gasteiger partial charge is 0.415 e. The van der Waals surface area contributed by atoms with E-state index in [1.54, 1.807) is 32.6 Å². The van der Waals surface area contributed by atoms with Gasteiger partial charge in [-0.1, -0.05) is 6.92 Å². The van der Waals surface area contributed by atoms with Crippen LogP contribution in [0.15, 0.2) is 12.1 Å². The van der Waals surface area contributed by atoms with Crippen LogP contribution in [-0.4, -0.2) is 89.5 Å². The maximum Gasteiger partial charge on any atom is 0.415 e. The molecule has 0 aromatic heterocycles. The number of hydrogen-bond donors (Lipinski definition) is 0. The van der Waals surface area contributed by atoms with Crippen LogP contribution in [0.5, 0.6) is 5.75 Å². The Bertz CT molecular complexity index is 1160. The highest BCUT2D eigenvalue weighted by atomic mass is 16.6. The molecule has 3 rings (SSSR count). The van der Waals surface area contributed by atoms with Crippen molar-refractivity contribution in [1.82, 2.24) is 9.80 Å². The maximum absolute atomic E-state index is 13.4. The van der Waals surface area contributed by atoms with E-state index < -0.39 is 34.2 Å². The Morgan fingerprint density at radius 2 is 1.78 bits per heavy atom. The predicted octanol–water partition coefficient (Wildman–Crippen LogP) is 4.49. The minimum atomic E-state index is -1.16. The van der Waals surface area contributed by atoms with Crippen molar-refractivity contribution in [3.8, 4) is 5.75 Å². The first-order valence-corrected chi connectivity index (χ1v) is 13.8. The molecule has 0 saturated carbocycles. The highest BCUT2D eigenvalue weighted by molar-refractivity contribution is 5.98. The SMILES string of the molecule is CCC(C(=O)OC)N(C(=O)OC(C)(C)C)c1cc2c(cc1[N+](=O)[O-])CN1CCN(C(=O)OC(C)(C)C)C[C@@H]1CCO2. The van der Waals surface area contributed by atoms with Crippen molar-refractivity contribution >= 4 is 29.5 Å². The standard InChI is InChI=1S/C28H42N4O9/c1-9-20(24(33)38-8)31(26(35)41-28(5,6)7)21-15-23-18(14-22(21)32(36)37)16-29-11-12-30(17-19(29)10-13-39-23)25(34)40-27(2,3)4/h14-15,19-20H,9-13,16-17H2,1-8H3/t19-,20?/m0/s1. The second-order valence-corrected chi connectivity index (χ2v) is 12.2. The zero-order valence-corrected chi connectivity index (χ0v) is 25.2. The van der Waals surface area contributed by atoms with E-state index in [4.69, 9.17) is 18.9 Å². The number of ether oxygens (including phenoxy) is 4. The highest BCUT2D eigenvalue weighted by Gasteiger charge is 2.40. The van der Waals surface area contributed by atoms with Crippen LogP contribution in [0.2, 0.25) is 0 Å². The minimum Gasteiger partial charge on any atom is -0.493 e. The summed E-state index contributed by atoms with van der Waals surface area (Å²) < 4.78 is 22.1. The molecule has 228 valence electrons. The van der Waals surface area contributed by atoms with Crippen molar-refractivity contribution in [3.63, 3.8) is 0 Å². The van der Waals surface area contributed by atoms with Gasteiger partial charge in [-0.2, -0.15) is 0 Å². The predicted molar refractivity (Wildman–Crippen MR) is 150 cm³/mol.